The largest absolute Gasteiger partial charge is 0.340 e. The Morgan fingerprint density at radius 3 is 2.62 bits per heavy atom. The van der Waals surface area contributed by atoms with Crippen molar-refractivity contribution < 1.29 is 4.79 Å². The van der Waals surface area contributed by atoms with Gasteiger partial charge >= 0.3 is 6.03 Å². The molecule has 2 rings (SSSR count). The Labute approximate surface area is 77.8 Å². The molecule has 72 valence electrons. The molecule has 2 N–H and O–H groups in total. The molecule has 13 heavy (non-hydrogen) atoms. The predicted molar refractivity (Wildman–Crippen MR) is 50.5 cm³/mol. The first kappa shape index (κ1) is 8.53. The van der Waals surface area contributed by atoms with Gasteiger partial charge in [0, 0.05) is 18.2 Å². The smallest absolute Gasteiger partial charge is 0.334 e. The van der Waals surface area contributed by atoms with Crippen LogP contribution in [0.15, 0.2) is 5.10 Å². The third-order valence-electron chi connectivity index (χ3n) is 3.28. The Bertz CT molecular complexity index is 250. The fourth-order valence-corrected chi connectivity index (χ4v) is 2.08. The number of rotatable bonds is 1. The van der Waals surface area contributed by atoms with Gasteiger partial charge in [0.15, 0.2) is 0 Å². The van der Waals surface area contributed by atoms with Crippen LogP contribution in [-0.2, 0) is 0 Å². The van der Waals surface area contributed by atoms with E-state index in [1.54, 1.807) is 7.05 Å². The lowest BCUT2D eigenvalue weighted by atomic mass is 9.55. The maximum Gasteiger partial charge on any atom is 0.334 e. The molecule has 0 aliphatic heterocycles. The topological polar surface area (TPSA) is 53.5 Å². The van der Waals surface area contributed by atoms with Gasteiger partial charge in [-0.1, -0.05) is 6.42 Å². The molecule has 0 aromatic carbocycles. The average Bonchev–Trinajstić information content (AvgIpc) is 1.99. The molecule has 4 nitrogen and oxygen atoms in total. The Morgan fingerprint density at radius 2 is 2.23 bits per heavy atom. The number of urea groups is 1. The molecule has 4 heteroatoms. The summed E-state index contributed by atoms with van der Waals surface area (Å²) in [6.45, 7) is 0. The molecule has 2 fully saturated rings. The van der Waals surface area contributed by atoms with Gasteiger partial charge in [-0.2, -0.15) is 5.10 Å². The van der Waals surface area contributed by atoms with E-state index in [4.69, 9.17) is 0 Å². The Kier molecular flexibility index (Phi) is 1.98. The van der Waals surface area contributed by atoms with Crippen molar-refractivity contribution in [1.82, 2.24) is 10.7 Å². The first-order valence-electron chi connectivity index (χ1n) is 4.82. The second kappa shape index (κ2) is 3.01. The minimum atomic E-state index is -0.228. The quantitative estimate of drug-likeness (QED) is 0.587. The highest BCUT2D eigenvalue weighted by Gasteiger charge is 2.48. The van der Waals surface area contributed by atoms with Gasteiger partial charge in [0.1, 0.15) is 0 Å². The summed E-state index contributed by atoms with van der Waals surface area (Å²) >= 11 is 0. The Balaban J connectivity index is 1.90. The summed E-state index contributed by atoms with van der Waals surface area (Å²) < 4.78 is 0. The van der Waals surface area contributed by atoms with Crippen molar-refractivity contribution in [3.63, 3.8) is 0 Å². The van der Waals surface area contributed by atoms with Gasteiger partial charge < -0.3 is 5.32 Å². The third kappa shape index (κ3) is 1.30. The number of nitrogens with zero attached hydrogens (tertiary/aromatic N) is 1. The van der Waals surface area contributed by atoms with Crippen LogP contribution >= 0.6 is 0 Å². The molecule has 0 heterocycles. The summed E-state index contributed by atoms with van der Waals surface area (Å²) in [4.78, 5) is 10.8. The summed E-state index contributed by atoms with van der Waals surface area (Å²) in [6, 6.07) is -0.228. The number of nitrogens with one attached hydrogen (secondary N) is 2. The van der Waals surface area contributed by atoms with Crippen molar-refractivity contribution in [2.24, 2.45) is 10.5 Å². The molecule has 0 aromatic heterocycles. The number of amides is 2. The highest BCUT2D eigenvalue weighted by molar-refractivity contribution is 5.96. The van der Waals surface area contributed by atoms with Gasteiger partial charge in [0.2, 0.25) is 0 Å². The fourth-order valence-electron chi connectivity index (χ4n) is 2.08. The Morgan fingerprint density at radius 1 is 1.46 bits per heavy atom. The normalized spacial score (nSPS) is 26.4. The van der Waals surface area contributed by atoms with Crippen molar-refractivity contribution in [2.75, 3.05) is 7.05 Å². The van der Waals surface area contributed by atoms with E-state index in [0.717, 1.165) is 6.42 Å². The van der Waals surface area contributed by atoms with Gasteiger partial charge in [-0.25, -0.2) is 10.2 Å². The van der Waals surface area contributed by atoms with E-state index >= 15 is 0 Å². The van der Waals surface area contributed by atoms with Crippen LogP contribution in [0.2, 0.25) is 0 Å². The van der Waals surface area contributed by atoms with E-state index in [1.807, 2.05) is 0 Å². The van der Waals surface area contributed by atoms with Crippen molar-refractivity contribution in [1.29, 1.82) is 0 Å². The fraction of sp³-hybridized carbons (Fsp3) is 0.778. The molecule has 2 aliphatic rings. The highest BCUT2D eigenvalue weighted by Crippen LogP contribution is 2.53. The molecule has 2 amide bonds. The van der Waals surface area contributed by atoms with Gasteiger partial charge in [-0.15, -0.1) is 0 Å². The average molecular weight is 181 g/mol. The number of hydrazone groups is 1. The third-order valence-corrected chi connectivity index (χ3v) is 3.28. The standard InChI is InChI=1S/C9H15N3O/c1-10-8(13)12-11-7-3-6-9(7)4-2-5-9/h2-6H2,1H3,(H2,10,12,13)/b11-7-. The van der Waals surface area contributed by atoms with Gasteiger partial charge in [-0.3, -0.25) is 0 Å². The van der Waals surface area contributed by atoms with Crippen LogP contribution in [-0.4, -0.2) is 18.8 Å². The summed E-state index contributed by atoms with van der Waals surface area (Å²) in [5, 5.41) is 6.60. The molecule has 0 aromatic rings. The van der Waals surface area contributed by atoms with Crippen molar-refractivity contribution in [3.05, 3.63) is 0 Å². The number of carbonyl (C=O) groups is 1. The molecular weight excluding hydrogens is 166 g/mol. The van der Waals surface area contributed by atoms with Gasteiger partial charge in [0.05, 0.1) is 0 Å². The van der Waals surface area contributed by atoms with E-state index < -0.39 is 0 Å². The van der Waals surface area contributed by atoms with E-state index in [9.17, 15) is 4.79 Å². The van der Waals surface area contributed by atoms with Crippen molar-refractivity contribution in [2.45, 2.75) is 32.1 Å². The summed E-state index contributed by atoms with van der Waals surface area (Å²) in [5.41, 5.74) is 4.10. The van der Waals surface area contributed by atoms with E-state index in [1.165, 1.54) is 31.4 Å². The van der Waals surface area contributed by atoms with Crippen LogP contribution in [0.5, 0.6) is 0 Å². The van der Waals surface area contributed by atoms with E-state index in [-0.39, 0.29) is 6.03 Å². The highest BCUT2D eigenvalue weighted by atomic mass is 16.2. The molecule has 1 spiro atoms. The number of hydrogen-bond acceptors (Lipinski definition) is 2. The zero-order valence-corrected chi connectivity index (χ0v) is 7.89. The molecule has 0 bridgehead atoms. The van der Waals surface area contributed by atoms with Crippen LogP contribution in [0.4, 0.5) is 4.79 Å². The van der Waals surface area contributed by atoms with Crippen LogP contribution < -0.4 is 10.7 Å². The van der Waals surface area contributed by atoms with Crippen LogP contribution in [0.3, 0.4) is 0 Å². The number of carbonyl (C=O) groups excluding carboxylic acids is 1. The second-order valence-electron chi connectivity index (χ2n) is 3.88. The first-order valence-corrected chi connectivity index (χ1v) is 4.82. The summed E-state index contributed by atoms with van der Waals surface area (Å²) in [6.07, 6.45) is 6.17. The minimum absolute atomic E-state index is 0.228. The molecule has 0 unspecified atom stereocenters. The first-order chi connectivity index (χ1) is 6.27. The maximum atomic E-state index is 10.8. The number of hydrogen-bond donors (Lipinski definition) is 2. The van der Waals surface area contributed by atoms with E-state index in [0.29, 0.717) is 5.41 Å². The second-order valence-corrected chi connectivity index (χ2v) is 3.88. The van der Waals surface area contributed by atoms with E-state index in [2.05, 4.69) is 15.8 Å². The molecule has 0 radical (unpaired) electrons. The van der Waals surface area contributed by atoms with Crippen molar-refractivity contribution >= 4 is 11.7 Å². The maximum absolute atomic E-state index is 10.8. The lowest BCUT2D eigenvalue weighted by molar-refractivity contribution is 0.174. The van der Waals surface area contributed by atoms with Gasteiger partial charge in [0.25, 0.3) is 0 Å². The molecule has 2 aliphatic carbocycles. The predicted octanol–water partition coefficient (Wildman–Crippen LogP) is 1.24. The van der Waals surface area contributed by atoms with Crippen LogP contribution in [0.25, 0.3) is 0 Å². The van der Waals surface area contributed by atoms with Gasteiger partial charge in [-0.05, 0) is 25.7 Å². The Hall–Kier alpha value is -1.06. The SMILES string of the molecule is CNC(=O)N/N=C1/CCC12CCC2. The monoisotopic (exact) mass is 181 g/mol. The summed E-state index contributed by atoms with van der Waals surface area (Å²) in [7, 11) is 1.59. The zero-order valence-electron chi connectivity index (χ0n) is 7.89. The lowest BCUT2D eigenvalue weighted by Crippen LogP contribution is -2.47. The minimum Gasteiger partial charge on any atom is -0.340 e. The lowest BCUT2D eigenvalue weighted by Gasteiger charge is -2.50. The molecular formula is C9H15N3O. The van der Waals surface area contributed by atoms with Crippen molar-refractivity contribution in [3.8, 4) is 0 Å². The zero-order chi connectivity index (χ0) is 9.31. The molecule has 2 saturated carbocycles. The van der Waals surface area contributed by atoms with Crippen LogP contribution in [0, 0.1) is 5.41 Å². The van der Waals surface area contributed by atoms with Crippen LogP contribution in [0.1, 0.15) is 32.1 Å². The molecule has 0 atom stereocenters. The molecule has 0 saturated heterocycles. The summed E-state index contributed by atoms with van der Waals surface area (Å²) in [5.74, 6) is 0.